The van der Waals surface area contributed by atoms with Crippen LogP contribution in [-0.2, 0) is 4.74 Å². The zero-order valence-corrected chi connectivity index (χ0v) is 9.76. The molecule has 6 heteroatoms. The number of hydrogen-bond acceptors (Lipinski definition) is 6. The van der Waals surface area contributed by atoms with Crippen LogP contribution in [0.1, 0.15) is 36.1 Å². The van der Waals surface area contributed by atoms with E-state index in [1.165, 1.54) is 19.6 Å². The van der Waals surface area contributed by atoms with Gasteiger partial charge in [-0.15, -0.1) is 0 Å². The Labute approximate surface area is 97.6 Å². The van der Waals surface area contributed by atoms with Crippen LogP contribution in [-0.4, -0.2) is 23.0 Å². The number of methoxy groups -OCH3 is 1. The van der Waals surface area contributed by atoms with Crippen LogP contribution < -0.4 is 0 Å². The largest absolute Gasteiger partial charge is 0.464 e. The van der Waals surface area contributed by atoms with Gasteiger partial charge in [0.2, 0.25) is 5.89 Å². The van der Waals surface area contributed by atoms with E-state index in [1.807, 2.05) is 13.8 Å². The lowest BCUT2D eigenvalue weighted by atomic mass is 10.2. The van der Waals surface area contributed by atoms with E-state index in [4.69, 9.17) is 8.83 Å². The van der Waals surface area contributed by atoms with Crippen molar-refractivity contribution in [3.8, 4) is 11.6 Å². The Morgan fingerprint density at radius 1 is 1.29 bits per heavy atom. The lowest BCUT2D eigenvalue weighted by Crippen LogP contribution is -2.00. The third-order valence-corrected chi connectivity index (χ3v) is 2.13. The van der Waals surface area contributed by atoms with Crippen molar-refractivity contribution in [2.24, 2.45) is 0 Å². The third-order valence-electron chi connectivity index (χ3n) is 2.13. The minimum atomic E-state index is -0.549. The monoisotopic (exact) mass is 236 g/mol. The number of nitrogens with zero attached hydrogens (tertiary/aromatic N) is 2. The second-order valence-electron chi connectivity index (χ2n) is 3.76. The van der Waals surface area contributed by atoms with E-state index in [-0.39, 0.29) is 17.5 Å². The molecule has 2 aromatic heterocycles. The van der Waals surface area contributed by atoms with Crippen molar-refractivity contribution in [2.75, 3.05) is 7.11 Å². The molecule has 0 saturated carbocycles. The fraction of sp³-hybridized carbons (Fsp3) is 0.364. The van der Waals surface area contributed by atoms with Crippen molar-refractivity contribution < 1.29 is 18.4 Å². The summed E-state index contributed by atoms with van der Waals surface area (Å²) in [6, 6.07) is 0. The first kappa shape index (κ1) is 11.4. The number of carbonyl (C=O) groups excluding carboxylic acids is 1. The van der Waals surface area contributed by atoms with Crippen molar-refractivity contribution in [2.45, 2.75) is 19.8 Å². The van der Waals surface area contributed by atoms with Gasteiger partial charge in [-0.1, -0.05) is 13.8 Å². The normalized spacial score (nSPS) is 10.8. The zero-order chi connectivity index (χ0) is 12.4. The number of ether oxygens (including phenoxy) is 1. The van der Waals surface area contributed by atoms with Crippen LogP contribution in [0.15, 0.2) is 21.4 Å². The molecule has 0 aromatic carbocycles. The molecule has 2 aromatic rings. The van der Waals surface area contributed by atoms with Crippen LogP contribution in [0.3, 0.4) is 0 Å². The Hall–Kier alpha value is -2.11. The molecule has 0 aliphatic heterocycles. The van der Waals surface area contributed by atoms with Gasteiger partial charge in [0.1, 0.15) is 12.5 Å². The van der Waals surface area contributed by atoms with Gasteiger partial charge in [-0.2, -0.15) is 0 Å². The van der Waals surface area contributed by atoms with Crippen molar-refractivity contribution in [3.63, 3.8) is 0 Å². The number of oxazole rings is 2. The second-order valence-corrected chi connectivity index (χ2v) is 3.76. The maximum Gasteiger partial charge on any atom is 0.360 e. The number of esters is 1. The van der Waals surface area contributed by atoms with Gasteiger partial charge in [0.05, 0.1) is 7.11 Å². The quantitative estimate of drug-likeness (QED) is 0.760. The van der Waals surface area contributed by atoms with Gasteiger partial charge in [-0.05, 0) is 0 Å². The summed E-state index contributed by atoms with van der Waals surface area (Å²) in [5.41, 5.74) is 0.570. The van der Waals surface area contributed by atoms with Gasteiger partial charge in [-0.3, -0.25) is 0 Å². The summed E-state index contributed by atoms with van der Waals surface area (Å²) >= 11 is 0. The van der Waals surface area contributed by atoms with E-state index >= 15 is 0 Å². The van der Waals surface area contributed by atoms with Gasteiger partial charge >= 0.3 is 5.97 Å². The average Bonchev–Trinajstić information content (AvgIpc) is 2.95. The molecule has 0 fully saturated rings. The predicted octanol–water partition coefficient (Wildman–Crippen LogP) is 2.24. The van der Waals surface area contributed by atoms with Crippen LogP contribution in [0.25, 0.3) is 11.6 Å². The molecule has 6 nitrogen and oxygen atoms in total. The Bertz CT molecular complexity index is 527. The van der Waals surface area contributed by atoms with Crippen molar-refractivity contribution in [1.29, 1.82) is 0 Å². The highest BCUT2D eigenvalue weighted by molar-refractivity contribution is 5.87. The molecule has 0 bridgehead atoms. The number of carbonyl (C=O) groups is 1. The Morgan fingerprint density at radius 3 is 2.65 bits per heavy atom. The van der Waals surface area contributed by atoms with Crippen molar-refractivity contribution in [1.82, 2.24) is 9.97 Å². The Balaban J connectivity index is 2.27. The molecule has 2 rings (SSSR count). The van der Waals surface area contributed by atoms with E-state index in [1.54, 1.807) is 0 Å². The van der Waals surface area contributed by atoms with E-state index < -0.39 is 5.97 Å². The molecular weight excluding hydrogens is 224 g/mol. The minimum Gasteiger partial charge on any atom is -0.464 e. The van der Waals surface area contributed by atoms with Gasteiger partial charge in [0.15, 0.2) is 17.3 Å². The molecule has 0 N–H and O–H groups in total. The summed E-state index contributed by atoms with van der Waals surface area (Å²) in [6.07, 6.45) is 2.67. The van der Waals surface area contributed by atoms with Crippen LogP contribution in [0.5, 0.6) is 0 Å². The van der Waals surface area contributed by atoms with Crippen LogP contribution in [0.2, 0.25) is 0 Å². The fourth-order valence-electron chi connectivity index (χ4n) is 1.24. The van der Waals surface area contributed by atoms with E-state index in [2.05, 4.69) is 14.7 Å². The molecule has 0 unspecified atom stereocenters. The molecule has 0 saturated heterocycles. The first-order valence-electron chi connectivity index (χ1n) is 5.11. The van der Waals surface area contributed by atoms with Crippen molar-refractivity contribution >= 4 is 5.97 Å². The first-order valence-corrected chi connectivity index (χ1v) is 5.11. The minimum absolute atomic E-state index is 0.108. The summed E-state index contributed by atoms with van der Waals surface area (Å²) in [5, 5.41) is 0. The third kappa shape index (κ3) is 2.20. The fourth-order valence-corrected chi connectivity index (χ4v) is 1.24. The highest BCUT2D eigenvalue weighted by atomic mass is 16.5. The lowest BCUT2D eigenvalue weighted by molar-refractivity contribution is 0.0594. The maximum absolute atomic E-state index is 11.2. The smallest absolute Gasteiger partial charge is 0.360 e. The van der Waals surface area contributed by atoms with Gasteiger partial charge < -0.3 is 13.6 Å². The summed E-state index contributed by atoms with van der Waals surface area (Å²) < 4.78 is 14.9. The molecule has 0 amide bonds. The molecule has 0 spiro atoms. The van der Waals surface area contributed by atoms with Gasteiger partial charge in [-0.25, -0.2) is 14.8 Å². The zero-order valence-electron chi connectivity index (χ0n) is 9.76. The summed E-state index contributed by atoms with van der Waals surface area (Å²) in [5.74, 6) is 0.463. The average molecular weight is 236 g/mol. The molecule has 0 aliphatic carbocycles. The molecule has 90 valence electrons. The summed E-state index contributed by atoms with van der Waals surface area (Å²) in [4.78, 5) is 19.3. The van der Waals surface area contributed by atoms with Gasteiger partial charge in [0, 0.05) is 5.92 Å². The lowest BCUT2D eigenvalue weighted by Gasteiger charge is -1.93. The molecule has 0 aliphatic rings. The highest BCUT2D eigenvalue weighted by Crippen LogP contribution is 2.21. The van der Waals surface area contributed by atoms with E-state index in [9.17, 15) is 4.79 Å². The first-order chi connectivity index (χ1) is 8.11. The van der Waals surface area contributed by atoms with Crippen molar-refractivity contribution in [3.05, 3.63) is 24.1 Å². The summed E-state index contributed by atoms with van der Waals surface area (Å²) in [7, 11) is 1.28. The Morgan fingerprint density at radius 2 is 2.06 bits per heavy atom. The van der Waals surface area contributed by atoms with Crippen LogP contribution in [0, 0.1) is 0 Å². The maximum atomic E-state index is 11.2. The molecule has 0 radical (unpaired) electrons. The Kier molecular flexibility index (Phi) is 2.95. The predicted molar refractivity (Wildman–Crippen MR) is 57.4 cm³/mol. The molecule has 2 heterocycles. The van der Waals surface area contributed by atoms with E-state index in [0.717, 1.165) is 0 Å². The highest BCUT2D eigenvalue weighted by Gasteiger charge is 2.17. The second kappa shape index (κ2) is 4.40. The molecule has 0 atom stereocenters. The molecular formula is C11H12N2O4. The number of rotatable bonds is 3. The SMILES string of the molecule is COC(=O)c1coc(-c2coc(C(C)C)n2)n1. The summed E-state index contributed by atoms with van der Waals surface area (Å²) in [6.45, 7) is 3.93. The number of hydrogen-bond donors (Lipinski definition) is 0. The topological polar surface area (TPSA) is 78.4 Å². The number of aromatic nitrogens is 2. The van der Waals surface area contributed by atoms with Crippen LogP contribution in [0.4, 0.5) is 0 Å². The van der Waals surface area contributed by atoms with Crippen LogP contribution >= 0.6 is 0 Å². The van der Waals surface area contributed by atoms with E-state index in [0.29, 0.717) is 11.6 Å². The van der Waals surface area contributed by atoms with Gasteiger partial charge in [0.25, 0.3) is 0 Å². The molecule has 17 heavy (non-hydrogen) atoms. The standard InChI is InChI=1S/C11H12N2O4/c1-6(2)9-12-7(4-16-9)10-13-8(5-17-10)11(14)15-3/h4-6H,1-3H3.